The number of aromatic amines is 1. The van der Waals surface area contributed by atoms with Gasteiger partial charge in [0, 0.05) is 20.0 Å². The highest BCUT2D eigenvalue weighted by molar-refractivity contribution is 5.69. The predicted molar refractivity (Wildman–Crippen MR) is 69.2 cm³/mol. The number of nitrogens with one attached hydrogen (secondary N) is 1. The highest BCUT2D eigenvalue weighted by Gasteiger charge is 2.27. The van der Waals surface area contributed by atoms with Crippen molar-refractivity contribution in [1.82, 2.24) is 19.1 Å². The summed E-state index contributed by atoms with van der Waals surface area (Å²) in [5, 5.41) is 9.57. The van der Waals surface area contributed by atoms with Crippen molar-refractivity contribution in [2.45, 2.75) is 31.3 Å². The molecule has 0 radical (unpaired) electrons. The van der Waals surface area contributed by atoms with Crippen molar-refractivity contribution in [2.24, 2.45) is 14.1 Å². The van der Waals surface area contributed by atoms with E-state index < -0.39 is 0 Å². The normalized spacial score (nSPS) is 23.3. The fraction of sp³-hybridized carbons (Fsp3) is 0.583. The van der Waals surface area contributed by atoms with Crippen molar-refractivity contribution in [3.8, 4) is 0 Å². The minimum absolute atomic E-state index is 0.127. The molecule has 2 aromatic rings. The number of rotatable bonds is 1. The molecule has 19 heavy (non-hydrogen) atoms. The molecule has 7 nitrogen and oxygen atoms in total. The van der Waals surface area contributed by atoms with Crippen molar-refractivity contribution in [3.05, 3.63) is 26.7 Å². The lowest BCUT2D eigenvalue weighted by molar-refractivity contribution is 0.181. The zero-order valence-electron chi connectivity index (χ0n) is 10.9. The lowest BCUT2D eigenvalue weighted by Crippen LogP contribution is -2.36. The Morgan fingerprint density at radius 2 is 2.00 bits per heavy atom. The molecule has 1 saturated carbocycles. The molecule has 0 unspecified atom stereocenters. The van der Waals surface area contributed by atoms with E-state index in [4.69, 9.17) is 0 Å². The van der Waals surface area contributed by atoms with Gasteiger partial charge in [-0.3, -0.25) is 13.9 Å². The van der Waals surface area contributed by atoms with E-state index in [1.807, 2.05) is 0 Å². The fourth-order valence-electron chi connectivity index (χ4n) is 2.74. The molecule has 0 amide bonds. The maximum atomic E-state index is 12.0. The number of H-pyrrole nitrogens is 1. The number of aliphatic hydroxyl groups excluding tert-OH is 1. The highest BCUT2D eigenvalue weighted by atomic mass is 16.3. The summed E-state index contributed by atoms with van der Waals surface area (Å²) in [7, 11) is 3.04. The Kier molecular flexibility index (Phi) is 2.60. The van der Waals surface area contributed by atoms with Crippen LogP contribution >= 0.6 is 0 Å². The molecule has 7 heteroatoms. The first-order chi connectivity index (χ1) is 8.99. The van der Waals surface area contributed by atoms with Crippen molar-refractivity contribution in [3.63, 3.8) is 0 Å². The standard InChI is InChI=1S/C12H16N4O3/c1-15-10-8(11(18)16(2)12(15)19)13-9(14-10)6-3-4-7(17)5-6/h6-7,17H,3-5H2,1-2H3,(H,13,14)/t6-,7-/m0/s1. The molecule has 3 rings (SSSR count). The Bertz CT molecular complexity index is 755. The van der Waals surface area contributed by atoms with Crippen molar-refractivity contribution < 1.29 is 5.11 Å². The second-order valence-electron chi connectivity index (χ2n) is 5.19. The van der Waals surface area contributed by atoms with Gasteiger partial charge in [-0.2, -0.15) is 0 Å². The SMILES string of the molecule is Cn1c(=O)c2[nH]c([C@H]3CC[C@H](O)C3)nc2n(C)c1=O. The number of nitrogens with zero attached hydrogens (tertiary/aromatic N) is 3. The van der Waals surface area contributed by atoms with E-state index in [2.05, 4.69) is 9.97 Å². The summed E-state index contributed by atoms with van der Waals surface area (Å²) in [6.45, 7) is 0. The molecule has 2 N–H and O–H groups in total. The quantitative estimate of drug-likeness (QED) is 0.732. The molecule has 102 valence electrons. The molecule has 2 atom stereocenters. The number of aryl methyl sites for hydroxylation is 1. The van der Waals surface area contributed by atoms with E-state index in [9.17, 15) is 14.7 Å². The third-order valence-electron chi connectivity index (χ3n) is 3.90. The molecule has 0 bridgehead atoms. The van der Waals surface area contributed by atoms with Crippen LogP contribution < -0.4 is 11.2 Å². The Hall–Kier alpha value is -1.89. The molecule has 1 aliphatic carbocycles. The van der Waals surface area contributed by atoms with Crippen LogP contribution in [0.3, 0.4) is 0 Å². The molecule has 2 aromatic heterocycles. The molecule has 0 aromatic carbocycles. The molecular weight excluding hydrogens is 248 g/mol. The number of aliphatic hydroxyl groups is 1. The van der Waals surface area contributed by atoms with Gasteiger partial charge in [0.05, 0.1) is 6.10 Å². The summed E-state index contributed by atoms with van der Waals surface area (Å²) < 4.78 is 2.43. The zero-order chi connectivity index (χ0) is 13.7. The van der Waals surface area contributed by atoms with E-state index in [1.54, 1.807) is 7.05 Å². The molecule has 2 heterocycles. The first-order valence-electron chi connectivity index (χ1n) is 6.32. The average Bonchev–Trinajstić information content (AvgIpc) is 3.00. The van der Waals surface area contributed by atoms with Crippen LogP contribution in [0, 0.1) is 0 Å². The van der Waals surface area contributed by atoms with Gasteiger partial charge in [-0.05, 0) is 19.3 Å². The van der Waals surface area contributed by atoms with Gasteiger partial charge in [0.15, 0.2) is 5.65 Å². The summed E-state index contributed by atoms with van der Waals surface area (Å²) in [5.41, 5.74) is -0.0251. The van der Waals surface area contributed by atoms with Gasteiger partial charge in [-0.15, -0.1) is 0 Å². The van der Waals surface area contributed by atoms with Crippen molar-refractivity contribution in [1.29, 1.82) is 0 Å². The average molecular weight is 264 g/mol. The van der Waals surface area contributed by atoms with Crippen LogP contribution in [-0.2, 0) is 14.1 Å². The minimum Gasteiger partial charge on any atom is -0.393 e. The second kappa shape index (κ2) is 4.06. The lowest BCUT2D eigenvalue weighted by atomic mass is 10.1. The van der Waals surface area contributed by atoms with Crippen LogP contribution in [-0.4, -0.2) is 30.3 Å². The number of fused-ring (bicyclic) bond motifs is 1. The van der Waals surface area contributed by atoms with E-state index in [-0.39, 0.29) is 23.3 Å². The molecule has 0 aliphatic heterocycles. The van der Waals surface area contributed by atoms with Gasteiger partial charge in [-0.25, -0.2) is 9.78 Å². The summed E-state index contributed by atoms with van der Waals surface area (Å²) in [5.74, 6) is 0.812. The summed E-state index contributed by atoms with van der Waals surface area (Å²) in [6.07, 6.45) is 1.94. The minimum atomic E-state index is -0.387. The molecule has 0 spiro atoms. The van der Waals surface area contributed by atoms with Crippen LogP contribution in [0.5, 0.6) is 0 Å². The Morgan fingerprint density at radius 3 is 2.63 bits per heavy atom. The smallest absolute Gasteiger partial charge is 0.332 e. The largest absolute Gasteiger partial charge is 0.393 e. The summed E-state index contributed by atoms with van der Waals surface area (Å²) >= 11 is 0. The van der Waals surface area contributed by atoms with Gasteiger partial charge in [0.25, 0.3) is 5.56 Å². The zero-order valence-corrected chi connectivity index (χ0v) is 10.9. The Labute approximate surface area is 108 Å². The number of hydrogen-bond donors (Lipinski definition) is 2. The van der Waals surface area contributed by atoms with Gasteiger partial charge < -0.3 is 10.1 Å². The summed E-state index contributed by atoms with van der Waals surface area (Å²) in [4.78, 5) is 31.2. The Morgan fingerprint density at radius 1 is 1.26 bits per heavy atom. The van der Waals surface area contributed by atoms with Crippen molar-refractivity contribution in [2.75, 3.05) is 0 Å². The number of imidazole rings is 1. The van der Waals surface area contributed by atoms with Gasteiger partial charge in [-0.1, -0.05) is 0 Å². The third kappa shape index (κ3) is 1.73. The number of hydrogen-bond acceptors (Lipinski definition) is 4. The molecule has 0 saturated heterocycles. The van der Waals surface area contributed by atoms with Crippen LogP contribution in [0.25, 0.3) is 11.2 Å². The maximum Gasteiger partial charge on any atom is 0.332 e. The maximum absolute atomic E-state index is 12.0. The van der Waals surface area contributed by atoms with E-state index in [0.29, 0.717) is 23.4 Å². The second-order valence-corrected chi connectivity index (χ2v) is 5.19. The molecule has 1 fully saturated rings. The van der Waals surface area contributed by atoms with E-state index >= 15 is 0 Å². The highest BCUT2D eigenvalue weighted by Crippen LogP contribution is 2.33. The predicted octanol–water partition coefficient (Wildman–Crippen LogP) is -0.411. The molecular formula is C12H16N4O3. The van der Waals surface area contributed by atoms with Crippen LogP contribution in [0.4, 0.5) is 0 Å². The topological polar surface area (TPSA) is 92.9 Å². The van der Waals surface area contributed by atoms with Crippen LogP contribution in [0.1, 0.15) is 31.0 Å². The molecule has 1 aliphatic rings. The third-order valence-corrected chi connectivity index (χ3v) is 3.90. The van der Waals surface area contributed by atoms with Crippen LogP contribution in [0.15, 0.2) is 9.59 Å². The van der Waals surface area contributed by atoms with Gasteiger partial charge in [0.1, 0.15) is 11.3 Å². The fourth-order valence-corrected chi connectivity index (χ4v) is 2.74. The van der Waals surface area contributed by atoms with Crippen molar-refractivity contribution >= 4 is 11.2 Å². The number of aromatic nitrogens is 4. The Balaban J connectivity index is 2.21. The van der Waals surface area contributed by atoms with Gasteiger partial charge in [0.2, 0.25) is 0 Å². The van der Waals surface area contributed by atoms with E-state index in [1.165, 1.54) is 11.6 Å². The van der Waals surface area contributed by atoms with E-state index in [0.717, 1.165) is 17.4 Å². The van der Waals surface area contributed by atoms with Crippen LogP contribution in [0.2, 0.25) is 0 Å². The first-order valence-corrected chi connectivity index (χ1v) is 6.32. The lowest BCUT2D eigenvalue weighted by Gasteiger charge is -2.03. The van der Waals surface area contributed by atoms with Gasteiger partial charge >= 0.3 is 5.69 Å². The summed E-state index contributed by atoms with van der Waals surface area (Å²) in [6, 6.07) is 0. The monoisotopic (exact) mass is 264 g/mol. The first kappa shape index (κ1) is 12.2.